The Hall–Kier alpha value is -1.67. The van der Waals surface area contributed by atoms with Crippen LogP contribution < -0.4 is 0 Å². The molecule has 0 N–H and O–H groups in total. The number of carbonyl (C=O) groups is 3. The van der Waals surface area contributed by atoms with E-state index < -0.39 is 0 Å². The van der Waals surface area contributed by atoms with E-state index >= 15 is 0 Å². The molecule has 68 heavy (non-hydrogen) atoms. The first-order chi connectivity index (χ1) is 33.1. The van der Waals surface area contributed by atoms with Crippen molar-refractivity contribution in [2.24, 2.45) is 0 Å². The van der Waals surface area contributed by atoms with E-state index in [0.717, 1.165) is 129 Å². The van der Waals surface area contributed by atoms with E-state index in [1.807, 2.05) is 0 Å². The van der Waals surface area contributed by atoms with Crippen LogP contribution in [0.3, 0.4) is 0 Å². The second-order valence-electron chi connectivity index (χ2n) is 21.4. The zero-order valence-electron chi connectivity index (χ0n) is 46.8. The van der Waals surface area contributed by atoms with Gasteiger partial charge in [0, 0.05) is 32.4 Å². The lowest BCUT2D eigenvalue weighted by atomic mass is 10.0. The zero-order chi connectivity index (χ0) is 50.0. The van der Waals surface area contributed by atoms with E-state index in [4.69, 9.17) is 14.2 Å². The monoisotopic (exact) mass is 963 g/mol. The molecule has 0 rings (SSSR count). The molecular formula is C60H118N2O6. The van der Waals surface area contributed by atoms with Crippen molar-refractivity contribution in [2.45, 2.75) is 329 Å². The molecule has 0 spiro atoms. The largest absolute Gasteiger partial charge is 0.462 e. The van der Waals surface area contributed by atoms with Crippen molar-refractivity contribution in [1.82, 2.24) is 9.80 Å². The maximum absolute atomic E-state index is 13.0. The standard InChI is InChI=1S/C60H118N2O6/c1-8-12-16-20-26-34-43-55(44-35-27-21-17-13-9-2)66-58(63)49-40-32-24-30-38-47-57(68-60(65)51-42-52-62(7)54-53-61(5)6)48-39-31-25-33-41-50-59(64)67-56(45-36-28-22-18-14-10-3)46-37-29-23-19-15-11-4/h55-57H,8-54H2,1-7H3. The van der Waals surface area contributed by atoms with E-state index in [0.29, 0.717) is 19.3 Å². The first-order valence-electron chi connectivity index (χ1n) is 30.1. The summed E-state index contributed by atoms with van der Waals surface area (Å²) in [5.74, 6) is -0.0753. The summed E-state index contributed by atoms with van der Waals surface area (Å²) in [4.78, 5) is 43.4. The molecule has 8 heteroatoms. The number of rotatable bonds is 54. The molecule has 0 aromatic rings. The Morgan fingerprint density at radius 1 is 0.294 bits per heavy atom. The quantitative estimate of drug-likeness (QED) is 0.0339. The van der Waals surface area contributed by atoms with E-state index in [1.165, 1.54) is 154 Å². The molecule has 0 bridgehead atoms. The van der Waals surface area contributed by atoms with Crippen molar-refractivity contribution in [1.29, 1.82) is 0 Å². The summed E-state index contributed by atoms with van der Waals surface area (Å²) < 4.78 is 18.3. The molecule has 0 fully saturated rings. The second kappa shape index (κ2) is 51.7. The molecule has 0 saturated carbocycles. The van der Waals surface area contributed by atoms with Crippen molar-refractivity contribution in [3.63, 3.8) is 0 Å². The van der Waals surface area contributed by atoms with Gasteiger partial charge < -0.3 is 24.0 Å². The Balaban J connectivity index is 4.83. The van der Waals surface area contributed by atoms with Crippen LogP contribution in [0.5, 0.6) is 0 Å². The van der Waals surface area contributed by atoms with Crippen molar-refractivity contribution >= 4 is 17.9 Å². The molecule has 0 aliphatic carbocycles. The van der Waals surface area contributed by atoms with Crippen LogP contribution in [0.1, 0.15) is 310 Å². The summed E-state index contributed by atoms with van der Waals surface area (Å²) in [6, 6.07) is 0. The summed E-state index contributed by atoms with van der Waals surface area (Å²) in [6.45, 7) is 11.9. The molecule has 0 saturated heterocycles. The van der Waals surface area contributed by atoms with Gasteiger partial charge in [-0.05, 0) is 124 Å². The fraction of sp³-hybridized carbons (Fsp3) is 0.950. The summed E-state index contributed by atoms with van der Waals surface area (Å²) in [6.07, 6.45) is 49.1. The summed E-state index contributed by atoms with van der Waals surface area (Å²) in [5, 5.41) is 0. The van der Waals surface area contributed by atoms with Crippen LogP contribution in [0.15, 0.2) is 0 Å². The number of hydrogen-bond acceptors (Lipinski definition) is 8. The second-order valence-corrected chi connectivity index (χ2v) is 21.4. The number of ether oxygens (including phenoxy) is 3. The minimum Gasteiger partial charge on any atom is -0.462 e. The van der Waals surface area contributed by atoms with Gasteiger partial charge in [0.05, 0.1) is 0 Å². The van der Waals surface area contributed by atoms with Gasteiger partial charge >= 0.3 is 17.9 Å². The third kappa shape index (κ3) is 48.0. The molecule has 8 nitrogen and oxygen atoms in total. The van der Waals surface area contributed by atoms with Crippen LogP contribution in [-0.2, 0) is 28.6 Å². The van der Waals surface area contributed by atoms with Crippen LogP contribution in [0.2, 0.25) is 0 Å². The highest BCUT2D eigenvalue weighted by atomic mass is 16.6. The Kier molecular flexibility index (Phi) is 50.4. The van der Waals surface area contributed by atoms with Crippen molar-refractivity contribution in [2.75, 3.05) is 40.8 Å². The lowest BCUT2D eigenvalue weighted by Crippen LogP contribution is -2.29. The maximum Gasteiger partial charge on any atom is 0.306 e. The molecule has 0 radical (unpaired) electrons. The van der Waals surface area contributed by atoms with Gasteiger partial charge in [0.25, 0.3) is 0 Å². The van der Waals surface area contributed by atoms with Crippen LogP contribution >= 0.6 is 0 Å². The predicted octanol–water partition coefficient (Wildman–Crippen LogP) is 17.5. The minimum absolute atomic E-state index is 0.00554. The zero-order valence-corrected chi connectivity index (χ0v) is 46.8. The van der Waals surface area contributed by atoms with E-state index in [1.54, 1.807) is 0 Å². The summed E-state index contributed by atoms with van der Waals surface area (Å²) in [5.41, 5.74) is 0. The molecule has 0 amide bonds. The Morgan fingerprint density at radius 3 is 0.794 bits per heavy atom. The van der Waals surface area contributed by atoms with Crippen molar-refractivity contribution < 1.29 is 28.6 Å². The van der Waals surface area contributed by atoms with Crippen LogP contribution in [-0.4, -0.2) is 86.8 Å². The van der Waals surface area contributed by atoms with Gasteiger partial charge in [0.15, 0.2) is 0 Å². The average Bonchev–Trinajstić information content (AvgIpc) is 3.31. The van der Waals surface area contributed by atoms with Crippen LogP contribution in [0, 0.1) is 0 Å². The molecule has 0 unspecified atom stereocenters. The summed E-state index contributed by atoms with van der Waals surface area (Å²) >= 11 is 0. The predicted molar refractivity (Wildman–Crippen MR) is 292 cm³/mol. The van der Waals surface area contributed by atoms with Crippen molar-refractivity contribution in [3.8, 4) is 0 Å². The normalized spacial score (nSPS) is 11.8. The lowest BCUT2D eigenvalue weighted by molar-refractivity contribution is -0.151. The highest BCUT2D eigenvalue weighted by Crippen LogP contribution is 2.22. The van der Waals surface area contributed by atoms with Crippen molar-refractivity contribution in [3.05, 3.63) is 0 Å². The smallest absolute Gasteiger partial charge is 0.306 e. The first kappa shape index (κ1) is 66.3. The fourth-order valence-corrected chi connectivity index (χ4v) is 9.45. The van der Waals surface area contributed by atoms with Crippen LogP contribution in [0.4, 0.5) is 0 Å². The number of likely N-dealkylation sites (N-methyl/N-ethyl adjacent to an activating group) is 2. The summed E-state index contributed by atoms with van der Waals surface area (Å²) in [7, 11) is 6.31. The molecule has 0 aromatic heterocycles. The van der Waals surface area contributed by atoms with Gasteiger partial charge in [-0.15, -0.1) is 0 Å². The van der Waals surface area contributed by atoms with Crippen LogP contribution in [0.25, 0.3) is 0 Å². The lowest BCUT2D eigenvalue weighted by Gasteiger charge is -2.20. The fourth-order valence-electron chi connectivity index (χ4n) is 9.45. The minimum atomic E-state index is -0.0642. The topological polar surface area (TPSA) is 85.4 Å². The van der Waals surface area contributed by atoms with Gasteiger partial charge in [-0.3, -0.25) is 14.4 Å². The van der Waals surface area contributed by atoms with Gasteiger partial charge in [0.2, 0.25) is 0 Å². The Bertz CT molecular complexity index is 990. The number of carbonyl (C=O) groups excluding carboxylic acids is 3. The third-order valence-electron chi connectivity index (χ3n) is 14.1. The first-order valence-corrected chi connectivity index (χ1v) is 30.1. The Morgan fingerprint density at radius 2 is 0.529 bits per heavy atom. The molecule has 0 aliphatic heterocycles. The van der Waals surface area contributed by atoms with Gasteiger partial charge in [-0.25, -0.2) is 0 Å². The molecule has 0 heterocycles. The van der Waals surface area contributed by atoms with Gasteiger partial charge in [-0.1, -0.05) is 195 Å². The maximum atomic E-state index is 13.0. The SMILES string of the molecule is CCCCCCCCC(CCCCCCCC)OC(=O)CCCCCCCC(CCCCCCCC(=O)OC(CCCCCCCC)CCCCCCCC)OC(=O)CCCN(C)CCN(C)C. The number of nitrogens with zero attached hydrogens (tertiary/aromatic N) is 2. The highest BCUT2D eigenvalue weighted by molar-refractivity contribution is 5.70. The number of unbranched alkanes of at least 4 members (excludes halogenated alkanes) is 28. The molecular weight excluding hydrogens is 845 g/mol. The molecule has 404 valence electrons. The van der Waals surface area contributed by atoms with Gasteiger partial charge in [-0.2, -0.15) is 0 Å². The molecule has 0 aromatic carbocycles. The average molecular weight is 964 g/mol. The van der Waals surface area contributed by atoms with Gasteiger partial charge in [0.1, 0.15) is 18.3 Å². The number of esters is 3. The molecule has 0 atom stereocenters. The number of hydrogen-bond donors (Lipinski definition) is 0. The van der Waals surface area contributed by atoms with E-state index in [9.17, 15) is 14.4 Å². The van der Waals surface area contributed by atoms with E-state index in [2.05, 4.69) is 58.6 Å². The van der Waals surface area contributed by atoms with E-state index in [-0.39, 0.29) is 36.2 Å². The third-order valence-corrected chi connectivity index (χ3v) is 14.1. The highest BCUT2D eigenvalue weighted by Gasteiger charge is 2.18. The molecule has 0 aliphatic rings. The Labute approximate surface area is 424 Å².